The Balaban J connectivity index is 2.19. The molecule has 0 aliphatic rings. The Morgan fingerprint density at radius 3 is 2.57 bits per heavy atom. The first-order chi connectivity index (χ1) is 10.1. The number of amides is 1. The average molecular weight is 310 g/mol. The van der Waals surface area contributed by atoms with Gasteiger partial charge in [-0.05, 0) is 29.8 Å². The molecule has 0 fully saturated rings. The number of furan rings is 1. The Morgan fingerprint density at radius 1 is 1.24 bits per heavy atom. The normalized spacial score (nSPS) is 10.3. The van der Waals surface area contributed by atoms with Gasteiger partial charge < -0.3 is 18.8 Å². The molecule has 1 aromatic carbocycles. The number of ether oxygens (including phenoxy) is 2. The lowest BCUT2D eigenvalue weighted by molar-refractivity contribution is 0.0752. The maximum Gasteiger partial charge on any atom is 0.289 e. The van der Waals surface area contributed by atoms with Crippen molar-refractivity contribution in [3.05, 3.63) is 46.9 Å². The zero-order valence-electron chi connectivity index (χ0n) is 12.1. The lowest BCUT2D eigenvalue weighted by Gasteiger charge is -2.19. The molecule has 1 aromatic heterocycles. The van der Waals surface area contributed by atoms with E-state index in [4.69, 9.17) is 25.5 Å². The fourth-order valence-electron chi connectivity index (χ4n) is 2.02. The largest absolute Gasteiger partial charge is 0.493 e. The van der Waals surface area contributed by atoms with Crippen LogP contribution in [0.5, 0.6) is 11.5 Å². The van der Waals surface area contributed by atoms with Crippen LogP contribution in [0.2, 0.25) is 5.22 Å². The second-order valence-electron chi connectivity index (χ2n) is 4.42. The second kappa shape index (κ2) is 6.54. The number of nitrogens with zero attached hydrogens (tertiary/aromatic N) is 1. The van der Waals surface area contributed by atoms with Crippen LogP contribution in [0.1, 0.15) is 16.1 Å². The topological polar surface area (TPSA) is 51.9 Å². The summed E-state index contributed by atoms with van der Waals surface area (Å²) in [5.41, 5.74) is 0.838. The Labute approximate surface area is 128 Å². The van der Waals surface area contributed by atoms with Crippen molar-refractivity contribution in [3.8, 4) is 11.5 Å². The van der Waals surface area contributed by atoms with E-state index >= 15 is 0 Å². The molecule has 2 aromatic rings. The highest BCUT2D eigenvalue weighted by atomic mass is 35.5. The van der Waals surface area contributed by atoms with Gasteiger partial charge in [0.15, 0.2) is 22.5 Å². The van der Waals surface area contributed by atoms with Crippen LogP contribution in [0, 0.1) is 0 Å². The van der Waals surface area contributed by atoms with Gasteiger partial charge in [-0.25, -0.2) is 0 Å². The average Bonchev–Trinajstić information content (AvgIpc) is 2.92. The van der Waals surface area contributed by atoms with Gasteiger partial charge in [0.05, 0.1) is 14.2 Å². The summed E-state index contributed by atoms with van der Waals surface area (Å²) in [7, 11) is 4.81. The number of hydrogen-bond acceptors (Lipinski definition) is 4. The van der Waals surface area contributed by atoms with E-state index in [2.05, 4.69) is 0 Å². The molecule has 0 N–H and O–H groups in total. The third-order valence-electron chi connectivity index (χ3n) is 3.02. The Kier molecular flexibility index (Phi) is 4.75. The first-order valence-electron chi connectivity index (χ1n) is 6.27. The van der Waals surface area contributed by atoms with Crippen LogP contribution in [0.4, 0.5) is 0 Å². The van der Waals surface area contributed by atoms with Crippen molar-refractivity contribution >= 4 is 17.5 Å². The molecule has 2 rings (SSSR count). The minimum absolute atomic E-state index is 0.186. The standard InChI is InChI=1S/C15H16ClNO4/c1-17(15(18)12-7-8-13(16)21-12)9-10-5-4-6-11(19-2)14(10)20-3/h4-8H,9H2,1-3H3. The van der Waals surface area contributed by atoms with E-state index in [1.807, 2.05) is 12.1 Å². The quantitative estimate of drug-likeness (QED) is 0.851. The van der Waals surface area contributed by atoms with Crippen molar-refractivity contribution in [1.29, 1.82) is 0 Å². The second-order valence-corrected chi connectivity index (χ2v) is 4.79. The van der Waals surface area contributed by atoms with E-state index < -0.39 is 0 Å². The summed E-state index contributed by atoms with van der Waals surface area (Å²) in [6.45, 7) is 0.359. The molecule has 0 bridgehead atoms. The fraction of sp³-hybridized carbons (Fsp3) is 0.267. The molecule has 0 saturated carbocycles. The minimum atomic E-state index is -0.258. The van der Waals surface area contributed by atoms with Crippen molar-refractivity contribution in [2.45, 2.75) is 6.54 Å². The van der Waals surface area contributed by atoms with Crippen molar-refractivity contribution < 1.29 is 18.7 Å². The van der Waals surface area contributed by atoms with Gasteiger partial charge in [0.25, 0.3) is 5.91 Å². The van der Waals surface area contributed by atoms with Gasteiger partial charge in [-0.3, -0.25) is 4.79 Å². The summed E-state index contributed by atoms with van der Waals surface area (Å²) < 4.78 is 15.7. The maximum absolute atomic E-state index is 12.2. The molecule has 0 atom stereocenters. The highest BCUT2D eigenvalue weighted by molar-refractivity contribution is 6.29. The van der Waals surface area contributed by atoms with Crippen LogP contribution in [0.3, 0.4) is 0 Å². The molecule has 1 amide bonds. The SMILES string of the molecule is COc1cccc(CN(C)C(=O)c2ccc(Cl)o2)c1OC. The van der Waals surface area contributed by atoms with E-state index in [0.29, 0.717) is 18.0 Å². The van der Waals surface area contributed by atoms with Crippen molar-refractivity contribution in [2.24, 2.45) is 0 Å². The van der Waals surface area contributed by atoms with E-state index in [-0.39, 0.29) is 16.9 Å². The number of halogens is 1. The predicted molar refractivity (Wildman–Crippen MR) is 79.1 cm³/mol. The Bertz CT molecular complexity index is 638. The van der Waals surface area contributed by atoms with Gasteiger partial charge in [0.2, 0.25) is 0 Å². The first-order valence-corrected chi connectivity index (χ1v) is 6.65. The van der Waals surface area contributed by atoms with Crippen LogP contribution < -0.4 is 9.47 Å². The molecule has 0 aliphatic carbocycles. The molecule has 6 heteroatoms. The lowest BCUT2D eigenvalue weighted by Crippen LogP contribution is -2.26. The molecule has 1 heterocycles. The van der Waals surface area contributed by atoms with Crippen LogP contribution in [0.15, 0.2) is 34.7 Å². The minimum Gasteiger partial charge on any atom is -0.493 e. The van der Waals surface area contributed by atoms with Gasteiger partial charge in [-0.15, -0.1) is 0 Å². The lowest BCUT2D eigenvalue weighted by atomic mass is 10.1. The molecule has 21 heavy (non-hydrogen) atoms. The van der Waals surface area contributed by atoms with Gasteiger partial charge in [0, 0.05) is 19.2 Å². The third-order valence-corrected chi connectivity index (χ3v) is 3.23. The number of methoxy groups -OCH3 is 2. The number of hydrogen-bond donors (Lipinski definition) is 0. The highest BCUT2D eigenvalue weighted by Gasteiger charge is 2.18. The number of carbonyl (C=O) groups excluding carboxylic acids is 1. The molecule has 0 radical (unpaired) electrons. The summed E-state index contributed by atoms with van der Waals surface area (Å²) in [6.07, 6.45) is 0. The van der Waals surface area contributed by atoms with Crippen molar-refractivity contribution in [1.82, 2.24) is 4.90 Å². The number of para-hydroxylation sites is 1. The van der Waals surface area contributed by atoms with Crippen molar-refractivity contribution in [3.63, 3.8) is 0 Å². The molecular weight excluding hydrogens is 294 g/mol. The monoisotopic (exact) mass is 309 g/mol. The van der Waals surface area contributed by atoms with Crippen LogP contribution in [-0.2, 0) is 6.54 Å². The molecule has 0 spiro atoms. The summed E-state index contributed by atoms with van der Waals surface area (Å²) >= 11 is 5.68. The van der Waals surface area contributed by atoms with E-state index in [0.717, 1.165) is 5.56 Å². The predicted octanol–water partition coefficient (Wildman–Crippen LogP) is 3.22. The molecular formula is C15H16ClNO4. The van der Waals surface area contributed by atoms with Gasteiger partial charge in [0.1, 0.15) is 0 Å². The molecule has 112 valence electrons. The first kappa shape index (κ1) is 15.3. The number of carbonyl (C=O) groups is 1. The summed E-state index contributed by atoms with van der Waals surface area (Å²) in [4.78, 5) is 13.7. The molecule has 0 saturated heterocycles. The van der Waals surface area contributed by atoms with E-state index in [1.165, 1.54) is 11.0 Å². The van der Waals surface area contributed by atoms with Gasteiger partial charge in [-0.2, -0.15) is 0 Å². The Morgan fingerprint density at radius 2 is 2.00 bits per heavy atom. The van der Waals surface area contributed by atoms with Crippen LogP contribution in [0.25, 0.3) is 0 Å². The zero-order valence-corrected chi connectivity index (χ0v) is 12.8. The molecule has 5 nitrogen and oxygen atoms in total. The zero-order chi connectivity index (χ0) is 15.4. The molecule has 0 unspecified atom stereocenters. The van der Waals surface area contributed by atoms with E-state index in [1.54, 1.807) is 33.4 Å². The summed E-state index contributed by atoms with van der Waals surface area (Å²) in [5.74, 6) is 1.17. The van der Waals surface area contributed by atoms with Crippen LogP contribution in [-0.4, -0.2) is 32.1 Å². The number of benzene rings is 1. The van der Waals surface area contributed by atoms with E-state index in [9.17, 15) is 4.79 Å². The Hall–Kier alpha value is -2.14. The smallest absolute Gasteiger partial charge is 0.289 e. The highest BCUT2D eigenvalue weighted by Crippen LogP contribution is 2.31. The fourth-order valence-corrected chi connectivity index (χ4v) is 2.17. The summed E-state index contributed by atoms with van der Waals surface area (Å²) in [5, 5.41) is 0.186. The van der Waals surface area contributed by atoms with Crippen molar-refractivity contribution in [2.75, 3.05) is 21.3 Å². The van der Waals surface area contributed by atoms with Gasteiger partial charge in [-0.1, -0.05) is 12.1 Å². The third kappa shape index (κ3) is 3.31. The number of rotatable bonds is 5. The maximum atomic E-state index is 12.2. The summed E-state index contributed by atoms with van der Waals surface area (Å²) in [6, 6.07) is 8.61. The van der Waals surface area contributed by atoms with Gasteiger partial charge >= 0.3 is 0 Å². The molecule has 0 aliphatic heterocycles. The van der Waals surface area contributed by atoms with Crippen LogP contribution >= 0.6 is 11.6 Å².